The van der Waals surface area contributed by atoms with Crippen LogP contribution in [0.3, 0.4) is 0 Å². The van der Waals surface area contributed by atoms with E-state index in [1.54, 1.807) is 0 Å². The number of benzene rings is 2. The first kappa shape index (κ1) is 18.9. The summed E-state index contributed by atoms with van der Waals surface area (Å²) in [6.07, 6.45) is -4.60. The summed E-state index contributed by atoms with van der Waals surface area (Å²) in [4.78, 5) is 12.5. The summed E-state index contributed by atoms with van der Waals surface area (Å²) in [5.74, 6) is -2.13. The second-order valence-corrected chi connectivity index (χ2v) is 5.88. The number of carbonyl (C=O) groups is 1. The minimum atomic E-state index is -4.60. The maximum absolute atomic E-state index is 14.2. The molecule has 0 aliphatic rings. The Bertz CT molecular complexity index is 994. The van der Waals surface area contributed by atoms with Crippen LogP contribution in [0.5, 0.6) is 5.75 Å². The third-order valence-corrected chi connectivity index (χ3v) is 3.95. The molecule has 2 aromatic carbocycles. The summed E-state index contributed by atoms with van der Waals surface area (Å²) < 4.78 is 62.5. The Morgan fingerprint density at radius 3 is 2.56 bits per heavy atom. The number of carbonyl (C=O) groups excluding carboxylic acids is 1. The standard InChI is InChI=1S/C18H10ClF4NO3/c1-9-14(16(24-27-9)15-12(19)6-3-7-13(15)20)17(25)26-11-5-2-4-10(8-11)18(21,22)23/h2-8H,1H3. The van der Waals surface area contributed by atoms with Gasteiger partial charge in [0.05, 0.1) is 16.1 Å². The van der Waals surface area contributed by atoms with Gasteiger partial charge in [0, 0.05) is 0 Å². The molecule has 4 nitrogen and oxygen atoms in total. The van der Waals surface area contributed by atoms with E-state index in [-0.39, 0.29) is 33.4 Å². The molecule has 0 saturated heterocycles. The fourth-order valence-electron chi connectivity index (χ4n) is 2.40. The van der Waals surface area contributed by atoms with Crippen molar-refractivity contribution in [2.75, 3.05) is 0 Å². The van der Waals surface area contributed by atoms with E-state index >= 15 is 0 Å². The van der Waals surface area contributed by atoms with Crippen LogP contribution in [-0.2, 0) is 6.18 Å². The van der Waals surface area contributed by atoms with Crippen molar-refractivity contribution >= 4 is 17.6 Å². The molecule has 0 amide bonds. The Balaban J connectivity index is 1.99. The summed E-state index contributed by atoms with van der Waals surface area (Å²) in [7, 11) is 0. The van der Waals surface area contributed by atoms with Gasteiger partial charge >= 0.3 is 12.1 Å². The second kappa shape index (κ2) is 7.03. The van der Waals surface area contributed by atoms with Gasteiger partial charge in [-0.1, -0.05) is 28.9 Å². The fourth-order valence-corrected chi connectivity index (χ4v) is 2.65. The zero-order valence-corrected chi connectivity index (χ0v) is 14.4. The topological polar surface area (TPSA) is 52.3 Å². The third kappa shape index (κ3) is 3.80. The normalized spacial score (nSPS) is 11.5. The smallest absolute Gasteiger partial charge is 0.416 e. The fraction of sp³-hybridized carbons (Fsp3) is 0.111. The maximum Gasteiger partial charge on any atom is 0.416 e. The van der Waals surface area contributed by atoms with E-state index in [1.807, 2.05) is 0 Å². The van der Waals surface area contributed by atoms with Gasteiger partial charge in [0.1, 0.15) is 28.6 Å². The Morgan fingerprint density at radius 1 is 1.19 bits per heavy atom. The Morgan fingerprint density at radius 2 is 1.89 bits per heavy atom. The van der Waals surface area contributed by atoms with Gasteiger partial charge in [-0.2, -0.15) is 13.2 Å². The highest BCUT2D eigenvalue weighted by molar-refractivity contribution is 6.33. The molecule has 3 rings (SSSR count). The van der Waals surface area contributed by atoms with Gasteiger partial charge in [0.2, 0.25) is 0 Å². The van der Waals surface area contributed by atoms with Crippen LogP contribution in [0, 0.1) is 12.7 Å². The molecule has 0 fully saturated rings. The molecule has 27 heavy (non-hydrogen) atoms. The maximum atomic E-state index is 14.2. The average molecular weight is 400 g/mol. The van der Waals surface area contributed by atoms with E-state index in [2.05, 4.69) is 5.16 Å². The molecule has 0 N–H and O–H groups in total. The second-order valence-electron chi connectivity index (χ2n) is 5.47. The van der Waals surface area contributed by atoms with Gasteiger partial charge < -0.3 is 9.26 Å². The number of ether oxygens (including phenoxy) is 1. The molecule has 0 atom stereocenters. The van der Waals surface area contributed by atoms with E-state index in [0.717, 1.165) is 18.2 Å². The highest BCUT2D eigenvalue weighted by atomic mass is 35.5. The number of aryl methyl sites for hydroxylation is 1. The van der Waals surface area contributed by atoms with Crippen LogP contribution >= 0.6 is 11.6 Å². The van der Waals surface area contributed by atoms with Crippen LogP contribution in [-0.4, -0.2) is 11.1 Å². The summed E-state index contributed by atoms with van der Waals surface area (Å²) in [6, 6.07) is 7.68. The first-order valence-electron chi connectivity index (χ1n) is 7.48. The van der Waals surface area contributed by atoms with E-state index in [1.165, 1.54) is 25.1 Å². The van der Waals surface area contributed by atoms with Crippen LogP contribution in [0.2, 0.25) is 5.02 Å². The molecule has 1 heterocycles. The summed E-state index contributed by atoms with van der Waals surface area (Å²) >= 11 is 5.98. The lowest BCUT2D eigenvalue weighted by molar-refractivity contribution is -0.137. The largest absolute Gasteiger partial charge is 0.423 e. The highest BCUT2D eigenvalue weighted by Crippen LogP contribution is 2.35. The molecule has 0 aliphatic heterocycles. The van der Waals surface area contributed by atoms with Crippen molar-refractivity contribution in [3.63, 3.8) is 0 Å². The SMILES string of the molecule is Cc1onc(-c2c(F)cccc2Cl)c1C(=O)Oc1cccc(C(F)(F)F)c1. The molecule has 140 valence electrons. The Kier molecular flexibility index (Phi) is 4.93. The van der Waals surface area contributed by atoms with E-state index in [0.29, 0.717) is 6.07 Å². The van der Waals surface area contributed by atoms with Crippen LogP contribution < -0.4 is 4.74 Å². The minimum absolute atomic E-state index is 0.00120. The van der Waals surface area contributed by atoms with Crippen LogP contribution in [0.15, 0.2) is 47.0 Å². The number of esters is 1. The molecular formula is C18H10ClF4NO3. The number of alkyl halides is 3. The van der Waals surface area contributed by atoms with Gasteiger partial charge in [0.25, 0.3) is 0 Å². The van der Waals surface area contributed by atoms with Crippen molar-refractivity contribution in [1.29, 1.82) is 0 Å². The van der Waals surface area contributed by atoms with Gasteiger partial charge in [-0.3, -0.25) is 0 Å². The first-order valence-corrected chi connectivity index (χ1v) is 7.86. The Hall–Kier alpha value is -2.87. The van der Waals surface area contributed by atoms with Crippen molar-refractivity contribution in [2.24, 2.45) is 0 Å². The van der Waals surface area contributed by atoms with E-state index in [9.17, 15) is 22.4 Å². The molecule has 0 radical (unpaired) electrons. The van der Waals surface area contributed by atoms with Crippen LogP contribution in [0.25, 0.3) is 11.3 Å². The molecule has 0 aliphatic carbocycles. The molecule has 0 bridgehead atoms. The molecule has 0 unspecified atom stereocenters. The quantitative estimate of drug-likeness (QED) is 0.323. The summed E-state index contributed by atoms with van der Waals surface area (Å²) in [5.41, 5.74) is -1.59. The third-order valence-electron chi connectivity index (χ3n) is 3.64. The molecule has 9 heteroatoms. The molecular weight excluding hydrogens is 390 g/mol. The van der Waals surface area contributed by atoms with Crippen molar-refractivity contribution in [3.05, 3.63) is 70.2 Å². The van der Waals surface area contributed by atoms with Crippen LogP contribution in [0.4, 0.5) is 17.6 Å². The lowest BCUT2D eigenvalue weighted by Gasteiger charge is -2.09. The number of hydrogen-bond acceptors (Lipinski definition) is 4. The zero-order valence-electron chi connectivity index (χ0n) is 13.6. The summed E-state index contributed by atoms with van der Waals surface area (Å²) in [5, 5.41) is 3.63. The van der Waals surface area contributed by atoms with Gasteiger partial charge in [-0.15, -0.1) is 0 Å². The predicted octanol–water partition coefficient (Wildman–Crippen LogP) is 5.68. The highest BCUT2D eigenvalue weighted by Gasteiger charge is 2.31. The van der Waals surface area contributed by atoms with Crippen molar-refractivity contribution in [1.82, 2.24) is 5.16 Å². The number of halogens is 5. The minimum Gasteiger partial charge on any atom is -0.423 e. The zero-order chi connectivity index (χ0) is 19.8. The molecule has 0 spiro atoms. The number of nitrogens with zero attached hydrogens (tertiary/aromatic N) is 1. The lowest BCUT2D eigenvalue weighted by Crippen LogP contribution is -2.12. The van der Waals surface area contributed by atoms with Crippen molar-refractivity contribution < 1.29 is 31.6 Å². The molecule has 0 saturated carbocycles. The van der Waals surface area contributed by atoms with Crippen molar-refractivity contribution in [3.8, 4) is 17.0 Å². The van der Waals surface area contributed by atoms with Crippen LogP contribution in [0.1, 0.15) is 21.7 Å². The van der Waals surface area contributed by atoms with E-state index < -0.39 is 23.5 Å². The lowest BCUT2D eigenvalue weighted by atomic mass is 10.1. The van der Waals surface area contributed by atoms with Crippen molar-refractivity contribution in [2.45, 2.75) is 13.1 Å². The average Bonchev–Trinajstić information content (AvgIpc) is 2.95. The van der Waals surface area contributed by atoms with Gasteiger partial charge in [-0.05, 0) is 37.3 Å². The molecule has 3 aromatic rings. The van der Waals surface area contributed by atoms with E-state index in [4.69, 9.17) is 20.9 Å². The predicted molar refractivity (Wildman–Crippen MR) is 88.0 cm³/mol. The monoisotopic (exact) mass is 399 g/mol. The Labute approximate surface area is 155 Å². The van der Waals surface area contributed by atoms with Gasteiger partial charge in [0.15, 0.2) is 0 Å². The van der Waals surface area contributed by atoms with Gasteiger partial charge in [-0.25, -0.2) is 9.18 Å². The number of hydrogen-bond donors (Lipinski definition) is 0. The number of aromatic nitrogens is 1. The summed E-state index contributed by atoms with van der Waals surface area (Å²) in [6.45, 7) is 1.38. The number of rotatable bonds is 3. The first-order chi connectivity index (χ1) is 12.7. The molecule has 1 aromatic heterocycles.